The van der Waals surface area contributed by atoms with E-state index in [1.165, 1.54) is 10.4 Å². The summed E-state index contributed by atoms with van der Waals surface area (Å²) in [6.45, 7) is 0.787. The van der Waals surface area contributed by atoms with Gasteiger partial charge in [-0.2, -0.15) is 16.1 Å². The number of aliphatic hydroxyl groups is 1. The Morgan fingerprint density at radius 1 is 1.33 bits per heavy atom. The first-order chi connectivity index (χ1) is 10.1. The molecule has 114 valence electrons. The molecule has 0 aliphatic carbocycles. The van der Waals surface area contributed by atoms with Gasteiger partial charge >= 0.3 is 0 Å². The molecule has 1 heterocycles. The number of thioether (sulfide) groups is 1. The van der Waals surface area contributed by atoms with Gasteiger partial charge in [0.15, 0.2) is 0 Å². The molecule has 1 aliphatic heterocycles. The van der Waals surface area contributed by atoms with Gasteiger partial charge in [0.1, 0.15) is 5.82 Å². The Morgan fingerprint density at radius 3 is 2.71 bits per heavy atom. The maximum atomic E-state index is 13.4. The molecule has 21 heavy (non-hydrogen) atoms. The van der Waals surface area contributed by atoms with E-state index < -0.39 is 15.8 Å². The number of hydrogen-bond donors (Lipinski definition) is 1. The Morgan fingerprint density at radius 2 is 2.05 bits per heavy atom. The highest BCUT2D eigenvalue weighted by Gasteiger charge is 2.28. The molecule has 1 fully saturated rings. The van der Waals surface area contributed by atoms with Crippen molar-refractivity contribution in [3.05, 3.63) is 29.6 Å². The predicted octanol–water partition coefficient (Wildman–Crippen LogP) is 1.30. The summed E-state index contributed by atoms with van der Waals surface area (Å²) in [7, 11) is -3.66. The van der Waals surface area contributed by atoms with Gasteiger partial charge in [0.05, 0.1) is 11.5 Å². The molecule has 4 nitrogen and oxygen atoms in total. The molecule has 1 aliphatic rings. The van der Waals surface area contributed by atoms with E-state index in [0.29, 0.717) is 13.1 Å². The van der Waals surface area contributed by atoms with Crippen molar-refractivity contribution in [3.8, 4) is 11.8 Å². The second kappa shape index (κ2) is 7.27. The fourth-order valence-electron chi connectivity index (χ4n) is 1.96. The van der Waals surface area contributed by atoms with Crippen molar-refractivity contribution in [2.75, 3.05) is 31.2 Å². The molecule has 1 saturated heterocycles. The molecular weight excluding hydrogens is 313 g/mol. The summed E-state index contributed by atoms with van der Waals surface area (Å²) in [5.41, 5.74) is 0.140. The topological polar surface area (TPSA) is 57.6 Å². The normalized spacial score (nSPS) is 16.3. The fourth-order valence-corrected chi connectivity index (χ4v) is 4.67. The molecule has 0 bridgehead atoms. The molecule has 0 radical (unpaired) electrons. The van der Waals surface area contributed by atoms with Gasteiger partial charge in [-0.15, -0.1) is 0 Å². The average Bonchev–Trinajstić information content (AvgIpc) is 2.48. The number of rotatable bonds is 3. The van der Waals surface area contributed by atoms with Crippen LogP contribution in [0, 0.1) is 17.7 Å². The quantitative estimate of drug-likeness (QED) is 0.849. The lowest BCUT2D eigenvalue weighted by Gasteiger charge is -2.26. The number of halogens is 1. The van der Waals surface area contributed by atoms with Crippen LogP contribution in [0.5, 0.6) is 0 Å². The molecule has 0 atom stereocenters. The summed E-state index contributed by atoms with van der Waals surface area (Å²) in [5.74, 6) is 6.26. The third-order valence-corrected chi connectivity index (χ3v) is 5.89. The summed E-state index contributed by atoms with van der Waals surface area (Å²) in [4.78, 5) is 0.0289. The zero-order valence-corrected chi connectivity index (χ0v) is 13.0. The smallest absolute Gasteiger partial charge is 0.244 e. The van der Waals surface area contributed by atoms with E-state index in [2.05, 4.69) is 11.8 Å². The molecule has 2 rings (SSSR count). The number of hydrogen-bond acceptors (Lipinski definition) is 4. The molecule has 7 heteroatoms. The lowest BCUT2D eigenvalue weighted by Crippen LogP contribution is -2.38. The number of benzene rings is 1. The highest BCUT2D eigenvalue weighted by atomic mass is 32.2. The Hall–Kier alpha value is -1.07. The molecule has 0 amide bonds. The van der Waals surface area contributed by atoms with Crippen molar-refractivity contribution < 1.29 is 17.9 Å². The van der Waals surface area contributed by atoms with Crippen LogP contribution in [-0.2, 0) is 10.0 Å². The van der Waals surface area contributed by atoms with Crippen molar-refractivity contribution >= 4 is 21.8 Å². The van der Waals surface area contributed by atoms with E-state index in [1.807, 2.05) is 0 Å². The van der Waals surface area contributed by atoms with Crippen LogP contribution in [0.3, 0.4) is 0 Å². The van der Waals surface area contributed by atoms with Crippen LogP contribution in [0.4, 0.5) is 4.39 Å². The lowest BCUT2D eigenvalue weighted by atomic mass is 10.2. The van der Waals surface area contributed by atoms with Gasteiger partial charge in [-0.1, -0.05) is 11.8 Å². The second-order valence-electron chi connectivity index (χ2n) is 4.43. The summed E-state index contributed by atoms with van der Waals surface area (Å²) >= 11 is 1.71. The zero-order valence-electron chi connectivity index (χ0n) is 11.4. The summed E-state index contributed by atoms with van der Waals surface area (Å²) in [5, 5.41) is 8.73. The molecule has 0 unspecified atom stereocenters. The zero-order chi connectivity index (χ0) is 15.3. The van der Waals surface area contributed by atoms with Gasteiger partial charge in [0.25, 0.3) is 0 Å². The predicted molar refractivity (Wildman–Crippen MR) is 81.1 cm³/mol. The third kappa shape index (κ3) is 3.98. The summed E-state index contributed by atoms with van der Waals surface area (Å²) < 4.78 is 40.0. The van der Waals surface area contributed by atoms with Crippen molar-refractivity contribution in [1.29, 1.82) is 0 Å². The van der Waals surface area contributed by atoms with E-state index in [9.17, 15) is 12.8 Å². The number of sulfonamides is 1. The van der Waals surface area contributed by atoms with Gasteiger partial charge in [0.2, 0.25) is 10.0 Å². The van der Waals surface area contributed by atoms with Crippen LogP contribution < -0.4 is 0 Å². The van der Waals surface area contributed by atoms with Crippen molar-refractivity contribution in [1.82, 2.24) is 4.31 Å². The SMILES string of the molecule is O=S(=O)(c1ccc(F)cc1C#CCCO)N1CCSCC1. The van der Waals surface area contributed by atoms with Crippen molar-refractivity contribution in [2.45, 2.75) is 11.3 Å². The van der Waals surface area contributed by atoms with Crippen LogP contribution in [0.1, 0.15) is 12.0 Å². The maximum absolute atomic E-state index is 13.4. The van der Waals surface area contributed by atoms with E-state index >= 15 is 0 Å². The van der Waals surface area contributed by atoms with Gasteiger partial charge in [-0.25, -0.2) is 12.8 Å². The Balaban J connectivity index is 2.40. The third-order valence-electron chi connectivity index (χ3n) is 2.99. The van der Waals surface area contributed by atoms with Crippen LogP contribution in [-0.4, -0.2) is 49.0 Å². The molecule has 0 spiro atoms. The molecular formula is C14H16FNO3S2. The van der Waals surface area contributed by atoms with Crippen LogP contribution in [0.25, 0.3) is 0 Å². The first-order valence-corrected chi connectivity index (χ1v) is 9.12. The highest BCUT2D eigenvalue weighted by molar-refractivity contribution is 7.99. The van der Waals surface area contributed by atoms with Crippen LogP contribution in [0.2, 0.25) is 0 Å². The largest absolute Gasteiger partial charge is 0.395 e. The lowest BCUT2D eigenvalue weighted by molar-refractivity contribution is 0.305. The first-order valence-electron chi connectivity index (χ1n) is 6.53. The molecule has 1 N–H and O–H groups in total. The molecule has 0 saturated carbocycles. The van der Waals surface area contributed by atoms with E-state index in [1.54, 1.807) is 11.8 Å². The monoisotopic (exact) mass is 329 g/mol. The van der Waals surface area contributed by atoms with Gasteiger partial charge < -0.3 is 5.11 Å². The van der Waals surface area contributed by atoms with Gasteiger partial charge in [0, 0.05) is 36.6 Å². The second-order valence-corrected chi connectivity index (χ2v) is 7.56. The molecule has 1 aromatic rings. The minimum Gasteiger partial charge on any atom is -0.395 e. The Bertz CT molecular complexity index is 659. The van der Waals surface area contributed by atoms with Crippen molar-refractivity contribution in [3.63, 3.8) is 0 Å². The van der Waals surface area contributed by atoms with Gasteiger partial charge in [-0.05, 0) is 18.2 Å². The summed E-state index contributed by atoms with van der Waals surface area (Å²) in [6.07, 6.45) is 0.219. The number of nitrogens with zero attached hydrogens (tertiary/aromatic N) is 1. The van der Waals surface area contributed by atoms with Crippen LogP contribution >= 0.6 is 11.8 Å². The molecule has 1 aromatic carbocycles. The fraction of sp³-hybridized carbons (Fsp3) is 0.429. The average molecular weight is 329 g/mol. The minimum absolute atomic E-state index is 0.0289. The van der Waals surface area contributed by atoms with Crippen molar-refractivity contribution in [2.24, 2.45) is 0 Å². The number of aliphatic hydroxyl groups excluding tert-OH is 1. The minimum atomic E-state index is -3.66. The first kappa shape index (κ1) is 16.3. The van der Waals surface area contributed by atoms with Gasteiger partial charge in [-0.3, -0.25) is 0 Å². The maximum Gasteiger partial charge on any atom is 0.244 e. The standard InChI is InChI=1S/C14H16FNO3S2/c15-13-4-5-14(12(11-13)3-1-2-8-17)21(18,19)16-6-9-20-10-7-16/h4-5,11,17H,2,6-10H2. The Kier molecular flexibility index (Phi) is 5.65. The summed E-state index contributed by atoms with van der Waals surface area (Å²) in [6, 6.07) is 3.51. The van der Waals surface area contributed by atoms with Crippen LogP contribution in [0.15, 0.2) is 23.1 Å². The molecule has 0 aromatic heterocycles. The van der Waals surface area contributed by atoms with E-state index in [4.69, 9.17) is 5.11 Å². The highest BCUT2D eigenvalue weighted by Crippen LogP contribution is 2.23. The van der Waals surface area contributed by atoms with E-state index in [-0.39, 0.29) is 23.5 Å². The van der Waals surface area contributed by atoms with E-state index in [0.717, 1.165) is 23.6 Å². The Labute approximate surface area is 128 Å².